The van der Waals surface area contributed by atoms with E-state index in [-0.39, 0.29) is 6.61 Å². The molecule has 2 N–H and O–H groups in total. The van der Waals surface area contributed by atoms with Crippen molar-refractivity contribution in [1.29, 1.82) is 0 Å². The Balaban J connectivity index is 1.87. The van der Waals surface area contributed by atoms with Gasteiger partial charge in [0.2, 0.25) is 0 Å². The van der Waals surface area contributed by atoms with Crippen molar-refractivity contribution in [2.24, 2.45) is 0 Å². The van der Waals surface area contributed by atoms with Crippen LogP contribution in [0.15, 0.2) is 58.4 Å². The summed E-state index contributed by atoms with van der Waals surface area (Å²) in [5.41, 5.74) is 2.48. The van der Waals surface area contributed by atoms with E-state index in [2.05, 4.69) is 26.6 Å². The number of hydrogen-bond acceptors (Lipinski definition) is 4. The summed E-state index contributed by atoms with van der Waals surface area (Å²) >= 11 is 10.5. The molecule has 0 fully saturated rings. The molecular formula is C20H16BrClN2O3S. The molecule has 0 aliphatic rings. The van der Waals surface area contributed by atoms with Gasteiger partial charge < -0.3 is 10.1 Å². The van der Waals surface area contributed by atoms with Crippen LogP contribution in [0.5, 0.6) is 0 Å². The van der Waals surface area contributed by atoms with Crippen molar-refractivity contribution in [3.63, 3.8) is 0 Å². The molecule has 144 valence electrons. The number of thiophene rings is 1. The Morgan fingerprint density at radius 2 is 1.75 bits per heavy atom. The predicted octanol–water partition coefficient (Wildman–Crippen LogP) is 6.65. The summed E-state index contributed by atoms with van der Waals surface area (Å²) in [6.07, 6.45) is 0. The zero-order valence-corrected chi connectivity index (χ0v) is 18.0. The number of amides is 2. The molecule has 3 aromatic rings. The number of carbonyl (C=O) groups is 2. The van der Waals surface area contributed by atoms with Gasteiger partial charge in [-0.25, -0.2) is 9.59 Å². The van der Waals surface area contributed by atoms with E-state index in [1.165, 1.54) is 11.3 Å². The van der Waals surface area contributed by atoms with Gasteiger partial charge in [-0.3, -0.25) is 5.32 Å². The van der Waals surface area contributed by atoms with Gasteiger partial charge in [0.05, 0.1) is 6.61 Å². The number of rotatable bonds is 5. The van der Waals surface area contributed by atoms with Crippen LogP contribution < -0.4 is 10.6 Å². The van der Waals surface area contributed by atoms with Gasteiger partial charge in [-0.1, -0.05) is 39.7 Å². The van der Waals surface area contributed by atoms with E-state index in [1.807, 2.05) is 29.6 Å². The molecule has 0 aliphatic heterocycles. The van der Waals surface area contributed by atoms with E-state index in [9.17, 15) is 9.59 Å². The maximum absolute atomic E-state index is 12.6. The van der Waals surface area contributed by atoms with Crippen LogP contribution in [0.3, 0.4) is 0 Å². The highest BCUT2D eigenvalue weighted by Crippen LogP contribution is 2.36. The number of urea groups is 1. The molecular weight excluding hydrogens is 464 g/mol. The van der Waals surface area contributed by atoms with Crippen LogP contribution in [0.25, 0.3) is 11.1 Å². The van der Waals surface area contributed by atoms with E-state index in [0.29, 0.717) is 26.8 Å². The third-order valence-electron chi connectivity index (χ3n) is 3.75. The molecule has 0 unspecified atom stereocenters. The van der Waals surface area contributed by atoms with Crippen LogP contribution in [-0.2, 0) is 4.74 Å². The summed E-state index contributed by atoms with van der Waals surface area (Å²) in [5.74, 6) is -0.483. The fourth-order valence-electron chi connectivity index (χ4n) is 2.50. The lowest BCUT2D eigenvalue weighted by atomic mass is 10.0. The highest BCUT2D eigenvalue weighted by Gasteiger charge is 2.22. The van der Waals surface area contributed by atoms with Gasteiger partial charge in [0.1, 0.15) is 10.6 Å². The third kappa shape index (κ3) is 4.92. The van der Waals surface area contributed by atoms with Crippen molar-refractivity contribution in [1.82, 2.24) is 0 Å². The number of benzene rings is 2. The van der Waals surface area contributed by atoms with Gasteiger partial charge in [-0.05, 0) is 48.9 Å². The maximum Gasteiger partial charge on any atom is 0.341 e. The molecule has 5 nitrogen and oxygen atoms in total. The SMILES string of the molecule is CCOC(=O)c1c(-c2ccc(Br)cc2)csc1NC(=O)Nc1ccc(Cl)cc1. The quantitative estimate of drug-likeness (QED) is 0.402. The number of halogens is 2. The fourth-order valence-corrected chi connectivity index (χ4v) is 3.84. The minimum atomic E-state index is -0.483. The largest absolute Gasteiger partial charge is 0.462 e. The van der Waals surface area contributed by atoms with Gasteiger partial charge in [-0.15, -0.1) is 11.3 Å². The normalized spacial score (nSPS) is 10.4. The smallest absolute Gasteiger partial charge is 0.341 e. The molecule has 28 heavy (non-hydrogen) atoms. The molecule has 0 aliphatic carbocycles. The first kappa shape index (κ1) is 20.4. The third-order valence-corrected chi connectivity index (χ3v) is 5.43. The first-order valence-electron chi connectivity index (χ1n) is 8.36. The van der Waals surface area contributed by atoms with Gasteiger partial charge in [0.15, 0.2) is 0 Å². The van der Waals surface area contributed by atoms with E-state index in [1.54, 1.807) is 31.2 Å². The number of esters is 1. The van der Waals surface area contributed by atoms with Crippen molar-refractivity contribution >= 4 is 61.6 Å². The molecule has 8 heteroatoms. The van der Waals surface area contributed by atoms with Gasteiger partial charge >= 0.3 is 12.0 Å². The average Bonchev–Trinajstić information content (AvgIpc) is 3.08. The molecule has 1 heterocycles. The standard InChI is InChI=1S/C20H16BrClN2O3S/c1-2-27-19(25)17-16(12-3-5-13(21)6-4-12)11-28-18(17)24-20(26)23-15-9-7-14(22)8-10-15/h3-11H,2H2,1H3,(H2,23,24,26). The second-order valence-electron chi connectivity index (χ2n) is 5.67. The first-order valence-corrected chi connectivity index (χ1v) is 10.4. The Morgan fingerprint density at radius 1 is 1.07 bits per heavy atom. The Bertz CT molecular complexity index is 988. The molecule has 0 atom stereocenters. The van der Waals surface area contributed by atoms with Crippen molar-refractivity contribution in [2.75, 3.05) is 17.2 Å². The molecule has 0 bridgehead atoms. The topological polar surface area (TPSA) is 67.4 Å². The zero-order valence-electron chi connectivity index (χ0n) is 14.8. The fraction of sp³-hybridized carbons (Fsp3) is 0.100. The minimum Gasteiger partial charge on any atom is -0.462 e. The lowest BCUT2D eigenvalue weighted by Crippen LogP contribution is -2.20. The van der Waals surface area contributed by atoms with Crippen molar-refractivity contribution < 1.29 is 14.3 Å². The van der Waals surface area contributed by atoms with Crippen molar-refractivity contribution in [3.8, 4) is 11.1 Å². The molecule has 2 aromatic carbocycles. The van der Waals surface area contributed by atoms with E-state index in [0.717, 1.165) is 10.0 Å². The minimum absolute atomic E-state index is 0.241. The summed E-state index contributed by atoms with van der Waals surface area (Å²) in [6, 6.07) is 13.8. The van der Waals surface area contributed by atoms with Crippen molar-refractivity contribution in [3.05, 3.63) is 69.0 Å². The van der Waals surface area contributed by atoms with Crippen LogP contribution in [0.4, 0.5) is 15.5 Å². The van der Waals surface area contributed by atoms with Crippen LogP contribution in [0.2, 0.25) is 5.02 Å². The first-order chi connectivity index (χ1) is 13.5. The molecule has 0 saturated carbocycles. The van der Waals surface area contributed by atoms with E-state index < -0.39 is 12.0 Å². The lowest BCUT2D eigenvalue weighted by molar-refractivity contribution is 0.0529. The Morgan fingerprint density at radius 3 is 2.39 bits per heavy atom. The molecule has 0 saturated heterocycles. The number of anilines is 2. The second kappa shape index (κ2) is 9.23. The van der Waals surface area contributed by atoms with Gasteiger partial charge in [-0.2, -0.15) is 0 Å². The summed E-state index contributed by atoms with van der Waals surface area (Å²) in [4.78, 5) is 24.9. The highest BCUT2D eigenvalue weighted by molar-refractivity contribution is 9.10. The number of nitrogens with one attached hydrogen (secondary N) is 2. The summed E-state index contributed by atoms with van der Waals surface area (Å²) in [7, 11) is 0. The maximum atomic E-state index is 12.6. The van der Waals surface area contributed by atoms with Crippen LogP contribution in [0.1, 0.15) is 17.3 Å². The van der Waals surface area contributed by atoms with Crippen molar-refractivity contribution in [2.45, 2.75) is 6.92 Å². The predicted molar refractivity (Wildman–Crippen MR) is 118 cm³/mol. The van der Waals surface area contributed by atoms with Crippen LogP contribution >= 0.6 is 38.9 Å². The summed E-state index contributed by atoms with van der Waals surface area (Å²) in [5, 5.41) is 8.27. The monoisotopic (exact) mass is 478 g/mol. The van der Waals surface area contributed by atoms with Gasteiger partial charge in [0.25, 0.3) is 0 Å². The number of hydrogen-bond donors (Lipinski definition) is 2. The molecule has 1 aromatic heterocycles. The summed E-state index contributed by atoms with van der Waals surface area (Å²) < 4.78 is 6.13. The highest BCUT2D eigenvalue weighted by atomic mass is 79.9. The van der Waals surface area contributed by atoms with E-state index in [4.69, 9.17) is 16.3 Å². The number of ether oxygens (including phenoxy) is 1. The number of carbonyl (C=O) groups excluding carboxylic acids is 2. The molecule has 2 amide bonds. The lowest BCUT2D eigenvalue weighted by Gasteiger charge is -2.10. The van der Waals surface area contributed by atoms with Crippen LogP contribution in [0, 0.1) is 0 Å². The molecule has 3 rings (SSSR count). The van der Waals surface area contributed by atoms with Gasteiger partial charge in [0, 0.05) is 26.1 Å². The van der Waals surface area contributed by atoms with E-state index >= 15 is 0 Å². The molecule has 0 radical (unpaired) electrons. The molecule has 0 spiro atoms. The Labute approximate surface area is 179 Å². The Hall–Kier alpha value is -2.35. The Kier molecular flexibility index (Phi) is 6.72. The average molecular weight is 480 g/mol. The van der Waals surface area contributed by atoms with Crippen LogP contribution in [-0.4, -0.2) is 18.6 Å². The second-order valence-corrected chi connectivity index (χ2v) is 7.90. The summed E-state index contributed by atoms with van der Waals surface area (Å²) in [6.45, 7) is 1.98. The zero-order chi connectivity index (χ0) is 20.1.